The fourth-order valence-corrected chi connectivity index (χ4v) is 1.38. The standard InChI is InChI=1S/C10H18N4O2/c1-4-14(5-2)10(15)7-11-6-9-12-8(3)16-13-9/h11H,4-7H2,1-3H3. The Morgan fingerprint density at radius 1 is 1.44 bits per heavy atom. The van der Waals surface area contributed by atoms with Gasteiger partial charge in [-0.15, -0.1) is 0 Å². The second kappa shape index (κ2) is 6.22. The van der Waals surface area contributed by atoms with E-state index in [1.54, 1.807) is 11.8 Å². The molecule has 0 fully saturated rings. The van der Waals surface area contributed by atoms with Crippen LogP contribution in [0, 0.1) is 6.92 Å². The summed E-state index contributed by atoms with van der Waals surface area (Å²) in [5.41, 5.74) is 0. The van der Waals surface area contributed by atoms with E-state index in [2.05, 4.69) is 15.5 Å². The van der Waals surface area contributed by atoms with Crippen LogP contribution in [0.15, 0.2) is 4.52 Å². The predicted octanol–water partition coefficient (Wildman–Crippen LogP) is 0.336. The Kier molecular flexibility index (Phi) is 4.91. The highest BCUT2D eigenvalue weighted by Gasteiger charge is 2.09. The summed E-state index contributed by atoms with van der Waals surface area (Å²) in [6.45, 7) is 7.88. The summed E-state index contributed by atoms with van der Waals surface area (Å²) in [7, 11) is 0. The molecule has 0 spiro atoms. The monoisotopic (exact) mass is 226 g/mol. The Bertz CT molecular complexity index is 333. The molecule has 1 N–H and O–H groups in total. The molecule has 0 radical (unpaired) electrons. The highest BCUT2D eigenvalue weighted by Crippen LogP contribution is 1.94. The molecule has 0 atom stereocenters. The number of hydrogen-bond acceptors (Lipinski definition) is 5. The Balaban J connectivity index is 2.27. The van der Waals surface area contributed by atoms with Crippen LogP contribution in [0.3, 0.4) is 0 Å². The van der Waals surface area contributed by atoms with Crippen molar-refractivity contribution in [2.24, 2.45) is 0 Å². The minimum atomic E-state index is 0.0882. The van der Waals surface area contributed by atoms with Crippen LogP contribution in [0.5, 0.6) is 0 Å². The lowest BCUT2D eigenvalue weighted by molar-refractivity contribution is -0.129. The molecular formula is C10H18N4O2. The molecule has 0 aliphatic carbocycles. The Labute approximate surface area is 95.0 Å². The molecule has 0 aliphatic heterocycles. The van der Waals surface area contributed by atoms with E-state index in [-0.39, 0.29) is 5.91 Å². The maximum atomic E-state index is 11.6. The van der Waals surface area contributed by atoms with Crippen LogP contribution in [0.2, 0.25) is 0 Å². The molecule has 0 unspecified atom stereocenters. The third-order valence-electron chi connectivity index (χ3n) is 2.25. The lowest BCUT2D eigenvalue weighted by atomic mass is 10.4. The van der Waals surface area contributed by atoms with Crippen LogP contribution in [0.25, 0.3) is 0 Å². The molecule has 16 heavy (non-hydrogen) atoms. The molecule has 0 bridgehead atoms. The molecule has 90 valence electrons. The minimum Gasteiger partial charge on any atom is -0.342 e. The van der Waals surface area contributed by atoms with Crippen LogP contribution in [0.4, 0.5) is 0 Å². The quantitative estimate of drug-likeness (QED) is 0.757. The number of nitrogens with zero attached hydrogens (tertiary/aromatic N) is 3. The van der Waals surface area contributed by atoms with Gasteiger partial charge in [0.2, 0.25) is 11.8 Å². The van der Waals surface area contributed by atoms with Gasteiger partial charge in [-0.2, -0.15) is 4.98 Å². The Hall–Kier alpha value is -1.43. The first-order valence-corrected chi connectivity index (χ1v) is 5.45. The normalized spacial score (nSPS) is 10.4. The maximum absolute atomic E-state index is 11.6. The summed E-state index contributed by atoms with van der Waals surface area (Å²) in [5.74, 6) is 1.20. The molecule has 6 heteroatoms. The number of carbonyl (C=O) groups excluding carboxylic acids is 1. The molecule has 1 rings (SSSR count). The zero-order chi connectivity index (χ0) is 12.0. The van der Waals surface area contributed by atoms with Crippen molar-refractivity contribution >= 4 is 5.91 Å². The minimum absolute atomic E-state index is 0.0882. The third-order valence-corrected chi connectivity index (χ3v) is 2.25. The molecule has 6 nitrogen and oxygen atoms in total. The van der Waals surface area contributed by atoms with Crippen molar-refractivity contribution in [3.63, 3.8) is 0 Å². The van der Waals surface area contributed by atoms with Crippen LogP contribution in [0.1, 0.15) is 25.6 Å². The highest BCUT2D eigenvalue weighted by molar-refractivity contribution is 5.78. The largest absolute Gasteiger partial charge is 0.342 e. The van der Waals surface area contributed by atoms with E-state index in [4.69, 9.17) is 4.52 Å². The number of amides is 1. The van der Waals surface area contributed by atoms with E-state index in [1.807, 2.05) is 13.8 Å². The lowest BCUT2D eigenvalue weighted by Crippen LogP contribution is -2.37. The van der Waals surface area contributed by atoms with Crippen molar-refractivity contribution in [2.75, 3.05) is 19.6 Å². The van der Waals surface area contributed by atoms with E-state index < -0.39 is 0 Å². The van der Waals surface area contributed by atoms with E-state index in [0.29, 0.717) is 24.8 Å². The van der Waals surface area contributed by atoms with Gasteiger partial charge in [0.15, 0.2) is 5.82 Å². The Morgan fingerprint density at radius 3 is 2.62 bits per heavy atom. The number of rotatable bonds is 6. The van der Waals surface area contributed by atoms with Crippen LogP contribution in [-0.4, -0.2) is 40.6 Å². The fourth-order valence-electron chi connectivity index (χ4n) is 1.38. The highest BCUT2D eigenvalue weighted by atomic mass is 16.5. The van der Waals surface area contributed by atoms with Gasteiger partial charge in [0.25, 0.3) is 0 Å². The van der Waals surface area contributed by atoms with Gasteiger partial charge in [-0.3, -0.25) is 4.79 Å². The van der Waals surface area contributed by atoms with E-state index in [1.165, 1.54) is 0 Å². The molecule has 0 saturated heterocycles. The van der Waals surface area contributed by atoms with Crippen molar-refractivity contribution < 1.29 is 9.32 Å². The van der Waals surface area contributed by atoms with Gasteiger partial charge in [0.1, 0.15) is 0 Å². The third kappa shape index (κ3) is 3.62. The summed E-state index contributed by atoms with van der Waals surface area (Å²) >= 11 is 0. The molecule has 1 amide bonds. The van der Waals surface area contributed by atoms with Crippen LogP contribution in [-0.2, 0) is 11.3 Å². The first-order valence-electron chi connectivity index (χ1n) is 5.45. The second-order valence-corrected chi connectivity index (χ2v) is 3.40. The molecular weight excluding hydrogens is 208 g/mol. The van der Waals surface area contributed by atoms with Crippen molar-refractivity contribution in [1.29, 1.82) is 0 Å². The van der Waals surface area contributed by atoms with E-state index in [0.717, 1.165) is 13.1 Å². The predicted molar refractivity (Wildman–Crippen MR) is 58.7 cm³/mol. The van der Waals surface area contributed by atoms with E-state index >= 15 is 0 Å². The summed E-state index contributed by atoms with van der Waals surface area (Å²) in [4.78, 5) is 17.4. The number of aryl methyl sites for hydroxylation is 1. The fraction of sp³-hybridized carbons (Fsp3) is 0.700. The van der Waals surface area contributed by atoms with Gasteiger partial charge in [-0.1, -0.05) is 5.16 Å². The molecule has 1 aromatic heterocycles. The van der Waals surface area contributed by atoms with Crippen LogP contribution >= 0.6 is 0 Å². The number of likely N-dealkylation sites (N-methyl/N-ethyl adjacent to an activating group) is 1. The number of nitrogens with one attached hydrogen (secondary N) is 1. The first kappa shape index (κ1) is 12.6. The SMILES string of the molecule is CCN(CC)C(=O)CNCc1noc(C)n1. The molecule has 0 aromatic carbocycles. The number of aromatic nitrogens is 2. The maximum Gasteiger partial charge on any atom is 0.236 e. The summed E-state index contributed by atoms with van der Waals surface area (Å²) in [5, 5.41) is 6.71. The second-order valence-electron chi connectivity index (χ2n) is 3.40. The smallest absolute Gasteiger partial charge is 0.236 e. The molecule has 1 heterocycles. The Morgan fingerprint density at radius 2 is 2.12 bits per heavy atom. The van der Waals surface area contributed by atoms with Crippen molar-refractivity contribution in [1.82, 2.24) is 20.4 Å². The zero-order valence-electron chi connectivity index (χ0n) is 9.99. The van der Waals surface area contributed by atoms with Crippen molar-refractivity contribution in [3.05, 3.63) is 11.7 Å². The topological polar surface area (TPSA) is 71.3 Å². The summed E-state index contributed by atoms with van der Waals surface area (Å²) in [6.07, 6.45) is 0. The van der Waals surface area contributed by atoms with Gasteiger partial charge in [0.05, 0.1) is 13.1 Å². The molecule has 0 saturated carbocycles. The average Bonchev–Trinajstić information content (AvgIpc) is 2.66. The van der Waals surface area contributed by atoms with Crippen molar-refractivity contribution in [3.8, 4) is 0 Å². The average molecular weight is 226 g/mol. The van der Waals surface area contributed by atoms with Gasteiger partial charge < -0.3 is 14.7 Å². The first-order chi connectivity index (χ1) is 7.67. The van der Waals surface area contributed by atoms with Crippen LogP contribution < -0.4 is 5.32 Å². The zero-order valence-corrected chi connectivity index (χ0v) is 9.99. The molecule has 1 aromatic rings. The van der Waals surface area contributed by atoms with Crippen molar-refractivity contribution in [2.45, 2.75) is 27.3 Å². The van der Waals surface area contributed by atoms with Gasteiger partial charge in [-0.05, 0) is 13.8 Å². The summed E-state index contributed by atoms with van der Waals surface area (Å²) in [6, 6.07) is 0. The number of carbonyl (C=O) groups is 1. The summed E-state index contributed by atoms with van der Waals surface area (Å²) < 4.78 is 4.82. The van der Waals surface area contributed by atoms with E-state index in [9.17, 15) is 4.79 Å². The molecule has 0 aliphatic rings. The lowest BCUT2D eigenvalue weighted by Gasteiger charge is -2.18. The van der Waals surface area contributed by atoms with Gasteiger partial charge >= 0.3 is 0 Å². The van der Waals surface area contributed by atoms with Gasteiger partial charge in [0, 0.05) is 20.0 Å². The number of hydrogen-bond donors (Lipinski definition) is 1. The van der Waals surface area contributed by atoms with Gasteiger partial charge in [-0.25, -0.2) is 0 Å².